The molecule has 1 aliphatic carbocycles. The van der Waals surface area contributed by atoms with Crippen LogP contribution in [-0.4, -0.2) is 19.1 Å². The molecule has 0 unspecified atom stereocenters. The van der Waals surface area contributed by atoms with E-state index < -0.39 is 0 Å². The van der Waals surface area contributed by atoms with Crippen molar-refractivity contribution >= 4 is 70.9 Å². The molecule has 0 saturated heterocycles. The van der Waals surface area contributed by atoms with E-state index in [0.29, 0.717) is 5.82 Å². The van der Waals surface area contributed by atoms with Crippen LogP contribution in [0.2, 0.25) is 0 Å². The Morgan fingerprint density at radius 1 is 0.484 bits per heavy atom. The molecule has 298 valence electrons. The molecule has 0 bridgehead atoms. The maximum absolute atomic E-state index is 5.39. The molecule has 0 fully saturated rings. The highest BCUT2D eigenvalue weighted by Crippen LogP contribution is 2.41. The molecule has 64 heavy (non-hydrogen) atoms. The summed E-state index contributed by atoms with van der Waals surface area (Å²) >= 11 is 0. The first kappa shape index (κ1) is 36.2. The standard InChI is InChI=1S/C60H38N4/c1-4-16-41(17-5-1)57-53-37-43(44-32-34-50-49-23-12-13-26-55(49)63(56(50)38-44)45-18-6-2-7-19-45)33-36-54(53)61-60(62-57)42-29-27-40(28-30-42)48-24-14-25-51-52-35-31-39-15-10-11-22-47(39)59(52)64(58(48)51)46-20-8-3-9-21-46/h1-4,6-13,15-16,18-24,26-38H,5,17H2. The fourth-order valence-electron chi connectivity index (χ4n) is 10.0. The van der Waals surface area contributed by atoms with Gasteiger partial charge in [0.1, 0.15) is 0 Å². The maximum atomic E-state index is 5.39. The van der Waals surface area contributed by atoms with Crippen LogP contribution in [-0.2, 0) is 0 Å². The normalized spacial score (nSPS) is 12.8. The molecule has 0 aliphatic heterocycles. The van der Waals surface area contributed by atoms with Gasteiger partial charge in [-0.15, -0.1) is 0 Å². The van der Waals surface area contributed by atoms with Crippen LogP contribution in [0.25, 0.3) is 116 Å². The number of rotatable bonds is 6. The van der Waals surface area contributed by atoms with Gasteiger partial charge < -0.3 is 9.13 Å². The van der Waals surface area contributed by atoms with Crippen LogP contribution in [0.5, 0.6) is 0 Å². The van der Waals surface area contributed by atoms with Crippen LogP contribution in [0.3, 0.4) is 0 Å². The number of hydrogen-bond acceptors (Lipinski definition) is 2. The largest absolute Gasteiger partial charge is 0.309 e. The Balaban J connectivity index is 0.937. The molecule has 3 aromatic heterocycles. The van der Waals surface area contributed by atoms with Crippen molar-refractivity contribution in [1.29, 1.82) is 0 Å². The van der Waals surface area contributed by atoms with Crippen molar-refractivity contribution in [2.45, 2.75) is 12.8 Å². The van der Waals surface area contributed by atoms with E-state index in [1.54, 1.807) is 0 Å². The molecule has 0 radical (unpaired) electrons. The van der Waals surface area contributed by atoms with Crippen LogP contribution in [0.1, 0.15) is 18.5 Å². The summed E-state index contributed by atoms with van der Waals surface area (Å²) < 4.78 is 4.78. The fourth-order valence-corrected chi connectivity index (χ4v) is 10.0. The second-order valence-corrected chi connectivity index (χ2v) is 16.7. The first-order chi connectivity index (χ1) is 31.7. The van der Waals surface area contributed by atoms with Gasteiger partial charge in [0, 0.05) is 49.4 Å². The molecule has 1 aliphatic rings. The SMILES string of the molecule is c1cc(-c2ccc(-c3nc(C4=CC=CCC4)c4cc(-c5ccc6c7ccccc7n(-c7ccccc7)c6c5)ccc4n3)cc2)c2c(c#1)c1ccc3ccccc3c1n2-c1ccccc1. The van der Waals surface area contributed by atoms with Gasteiger partial charge in [-0.1, -0.05) is 164 Å². The minimum absolute atomic E-state index is 0.717. The van der Waals surface area contributed by atoms with Gasteiger partial charge in [-0.25, -0.2) is 9.97 Å². The number of fused-ring (bicyclic) bond motifs is 9. The fraction of sp³-hybridized carbons (Fsp3) is 0.0333. The lowest BCUT2D eigenvalue weighted by atomic mass is 9.95. The molecular formula is C60H38N4. The van der Waals surface area contributed by atoms with Crippen molar-refractivity contribution in [2.75, 3.05) is 0 Å². The average Bonchev–Trinajstić information content (AvgIpc) is 3.90. The summed E-state index contributed by atoms with van der Waals surface area (Å²) in [6.07, 6.45) is 8.52. The molecule has 12 aromatic rings. The zero-order valence-corrected chi connectivity index (χ0v) is 34.8. The Kier molecular flexibility index (Phi) is 8.22. The van der Waals surface area contributed by atoms with Gasteiger partial charge in [-0.3, -0.25) is 0 Å². The van der Waals surface area contributed by atoms with Gasteiger partial charge in [0.15, 0.2) is 5.82 Å². The number of para-hydroxylation sites is 3. The van der Waals surface area contributed by atoms with Crippen LogP contribution in [0.4, 0.5) is 0 Å². The third-order valence-corrected chi connectivity index (χ3v) is 13.0. The lowest BCUT2D eigenvalue weighted by Gasteiger charge is -2.15. The predicted molar refractivity (Wildman–Crippen MR) is 266 cm³/mol. The van der Waals surface area contributed by atoms with Crippen LogP contribution in [0, 0.1) is 12.1 Å². The zero-order chi connectivity index (χ0) is 42.1. The Labute approximate surface area is 370 Å². The lowest BCUT2D eigenvalue weighted by molar-refractivity contribution is 1.04. The summed E-state index contributed by atoms with van der Waals surface area (Å²) in [5.41, 5.74) is 15.5. The molecular weight excluding hydrogens is 777 g/mol. The highest BCUT2D eigenvalue weighted by Gasteiger charge is 2.20. The Morgan fingerprint density at radius 3 is 1.97 bits per heavy atom. The second kappa shape index (κ2) is 14.6. The number of nitrogens with zero attached hydrogens (tertiary/aromatic N) is 4. The molecule has 0 atom stereocenters. The van der Waals surface area contributed by atoms with Gasteiger partial charge in [0.2, 0.25) is 0 Å². The number of hydrogen-bond donors (Lipinski definition) is 0. The molecule has 13 rings (SSSR count). The Hall–Kier alpha value is -8.52. The van der Waals surface area contributed by atoms with E-state index >= 15 is 0 Å². The van der Waals surface area contributed by atoms with Crippen LogP contribution in [0.15, 0.2) is 206 Å². The lowest BCUT2D eigenvalue weighted by Crippen LogP contribution is -2.00. The Morgan fingerprint density at radius 2 is 1.16 bits per heavy atom. The van der Waals surface area contributed by atoms with Crippen LogP contribution < -0.4 is 0 Å². The van der Waals surface area contributed by atoms with Gasteiger partial charge >= 0.3 is 0 Å². The molecule has 0 N–H and O–H groups in total. The Bertz CT molecular complexity index is 3870. The van der Waals surface area contributed by atoms with E-state index in [0.717, 1.165) is 84.9 Å². The van der Waals surface area contributed by atoms with Crippen molar-refractivity contribution in [2.24, 2.45) is 0 Å². The minimum atomic E-state index is 0.717. The van der Waals surface area contributed by atoms with Crippen molar-refractivity contribution < 1.29 is 0 Å². The maximum Gasteiger partial charge on any atom is 0.160 e. The average molecular weight is 815 g/mol. The number of aromatic nitrogens is 4. The molecule has 0 spiro atoms. The van der Waals surface area contributed by atoms with E-state index in [2.05, 4.69) is 228 Å². The third kappa shape index (κ3) is 5.72. The monoisotopic (exact) mass is 814 g/mol. The summed E-state index contributed by atoms with van der Waals surface area (Å²) in [6, 6.07) is 74.3. The minimum Gasteiger partial charge on any atom is -0.309 e. The smallest absolute Gasteiger partial charge is 0.160 e. The summed E-state index contributed by atoms with van der Waals surface area (Å²) in [4.78, 5) is 10.6. The highest BCUT2D eigenvalue weighted by atomic mass is 15.0. The van der Waals surface area contributed by atoms with Gasteiger partial charge in [-0.05, 0) is 95.1 Å². The molecule has 0 amide bonds. The highest BCUT2D eigenvalue weighted by molar-refractivity contribution is 6.20. The third-order valence-electron chi connectivity index (χ3n) is 13.0. The number of benzene rings is 8. The van der Waals surface area contributed by atoms with Crippen LogP contribution >= 0.6 is 0 Å². The van der Waals surface area contributed by atoms with E-state index in [-0.39, 0.29) is 0 Å². The van der Waals surface area contributed by atoms with Gasteiger partial charge in [-0.2, -0.15) is 0 Å². The summed E-state index contributed by atoms with van der Waals surface area (Å²) in [6.45, 7) is 0. The van der Waals surface area contributed by atoms with Gasteiger partial charge in [0.05, 0.1) is 38.7 Å². The van der Waals surface area contributed by atoms with Crippen molar-refractivity contribution in [3.63, 3.8) is 0 Å². The van der Waals surface area contributed by atoms with Crippen molar-refractivity contribution in [3.05, 3.63) is 224 Å². The second-order valence-electron chi connectivity index (χ2n) is 16.7. The number of allylic oxidation sites excluding steroid dienone is 4. The van der Waals surface area contributed by atoms with Crippen molar-refractivity contribution in [3.8, 4) is 45.0 Å². The molecule has 3 heterocycles. The molecule has 0 saturated carbocycles. The van der Waals surface area contributed by atoms with E-state index in [4.69, 9.17) is 9.97 Å². The molecule has 4 heteroatoms. The molecule has 9 aromatic carbocycles. The summed E-state index contributed by atoms with van der Waals surface area (Å²) in [5.74, 6) is 0.717. The summed E-state index contributed by atoms with van der Waals surface area (Å²) in [5, 5.41) is 8.18. The van der Waals surface area contributed by atoms with E-state index in [1.807, 2.05) is 0 Å². The van der Waals surface area contributed by atoms with Gasteiger partial charge in [0.25, 0.3) is 0 Å². The topological polar surface area (TPSA) is 35.6 Å². The van der Waals surface area contributed by atoms with E-state index in [1.165, 1.54) is 43.7 Å². The summed E-state index contributed by atoms with van der Waals surface area (Å²) in [7, 11) is 0. The predicted octanol–water partition coefficient (Wildman–Crippen LogP) is 15.3. The van der Waals surface area contributed by atoms with Crippen molar-refractivity contribution in [1.82, 2.24) is 19.1 Å². The first-order valence-electron chi connectivity index (χ1n) is 22.0. The first-order valence-corrected chi connectivity index (χ1v) is 22.0. The zero-order valence-electron chi connectivity index (χ0n) is 34.8. The van der Waals surface area contributed by atoms with E-state index in [9.17, 15) is 0 Å². The molecule has 4 nitrogen and oxygen atoms in total. The quantitative estimate of drug-likeness (QED) is 0.168.